The Labute approximate surface area is 167 Å². The molecule has 154 valence electrons. The Morgan fingerprint density at radius 2 is 2.14 bits per heavy atom. The van der Waals surface area contributed by atoms with Crippen LogP contribution >= 0.6 is 11.3 Å². The summed E-state index contributed by atoms with van der Waals surface area (Å²) >= 11 is 1.29. The van der Waals surface area contributed by atoms with E-state index in [4.69, 9.17) is 4.74 Å². The molecule has 4 heterocycles. The van der Waals surface area contributed by atoms with Crippen LogP contribution in [0.25, 0.3) is 10.9 Å². The number of anilines is 2. The third-order valence-corrected chi connectivity index (χ3v) is 5.04. The van der Waals surface area contributed by atoms with Crippen molar-refractivity contribution in [3.8, 4) is 0 Å². The van der Waals surface area contributed by atoms with Gasteiger partial charge < -0.3 is 15.0 Å². The van der Waals surface area contributed by atoms with Crippen molar-refractivity contribution in [3.05, 3.63) is 29.5 Å². The van der Waals surface area contributed by atoms with Gasteiger partial charge in [-0.2, -0.15) is 18.3 Å². The van der Waals surface area contributed by atoms with Crippen LogP contribution in [0.1, 0.15) is 16.9 Å². The molecule has 4 rings (SSSR count). The Kier molecular flexibility index (Phi) is 5.37. The molecule has 0 atom stereocenters. The fraction of sp³-hybridized carbons (Fsp3) is 0.412. The number of aromatic nitrogens is 4. The lowest BCUT2D eigenvalue weighted by atomic mass is 10.2. The van der Waals surface area contributed by atoms with Crippen LogP contribution in [0.3, 0.4) is 0 Å². The van der Waals surface area contributed by atoms with Gasteiger partial charge in [-0.15, -0.1) is 11.3 Å². The zero-order valence-electron chi connectivity index (χ0n) is 15.1. The summed E-state index contributed by atoms with van der Waals surface area (Å²) in [6.45, 7) is 0.634. The van der Waals surface area contributed by atoms with Crippen LogP contribution in [0.15, 0.2) is 23.8 Å². The number of carbonyl (C=O) groups is 1. The summed E-state index contributed by atoms with van der Waals surface area (Å²) in [5.41, 5.74) is 0.245. The first-order chi connectivity index (χ1) is 13.9. The highest BCUT2D eigenvalue weighted by atomic mass is 32.1. The van der Waals surface area contributed by atoms with Gasteiger partial charge in [-0.3, -0.25) is 14.5 Å². The molecule has 8 nitrogen and oxygen atoms in total. The predicted octanol–water partition coefficient (Wildman–Crippen LogP) is 3.06. The average Bonchev–Trinajstić information content (AvgIpc) is 3.19. The zero-order chi connectivity index (χ0) is 20.4. The molecule has 0 unspecified atom stereocenters. The molecule has 0 saturated carbocycles. The van der Waals surface area contributed by atoms with E-state index in [1.807, 2.05) is 0 Å². The summed E-state index contributed by atoms with van der Waals surface area (Å²) in [4.78, 5) is 22.6. The number of nitrogens with one attached hydrogen (secondary N) is 1. The quantitative estimate of drug-likeness (QED) is 0.690. The SMILES string of the molecule is O=C(c1cc2c(cn1)c(Nc1nccs1)nn2CC(F)(F)F)N1CCCOCC1. The van der Waals surface area contributed by atoms with Gasteiger partial charge in [0.25, 0.3) is 5.91 Å². The number of fused-ring (bicyclic) bond motifs is 1. The van der Waals surface area contributed by atoms with E-state index in [-0.39, 0.29) is 22.9 Å². The predicted molar refractivity (Wildman–Crippen MR) is 100 cm³/mol. The molecule has 0 spiro atoms. The lowest BCUT2D eigenvalue weighted by Gasteiger charge is -2.19. The second-order valence-corrected chi connectivity index (χ2v) is 7.32. The molecule has 1 saturated heterocycles. The first-order valence-electron chi connectivity index (χ1n) is 8.87. The van der Waals surface area contributed by atoms with E-state index in [0.717, 1.165) is 4.68 Å². The van der Waals surface area contributed by atoms with Gasteiger partial charge in [0.05, 0.1) is 17.5 Å². The van der Waals surface area contributed by atoms with Crippen LogP contribution < -0.4 is 5.32 Å². The third kappa shape index (κ3) is 4.48. The topological polar surface area (TPSA) is 85.2 Å². The Morgan fingerprint density at radius 3 is 2.90 bits per heavy atom. The molecule has 0 bridgehead atoms. The lowest BCUT2D eigenvalue weighted by molar-refractivity contribution is -0.141. The summed E-state index contributed by atoms with van der Waals surface area (Å²) in [7, 11) is 0. The lowest BCUT2D eigenvalue weighted by Crippen LogP contribution is -2.33. The molecule has 29 heavy (non-hydrogen) atoms. The summed E-state index contributed by atoms with van der Waals surface area (Å²) in [6, 6.07) is 1.36. The third-order valence-electron chi connectivity index (χ3n) is 4.35. The largest absolute Gasteiger partial charge is 0.408 e. The average molecular weight is 426 g/mol. The Morgan fingerprint density at radius 1 is 1.28 bits per heavy atom. The van der Waals surface area contributed by atoms with Crippen molar-refractivity contribution < 1.29 is 22.7 Å². The van der Waals surface area contributed by atoms with E-state index in [1.165, 1.54) is 23.6 Å². The number of halogens is 3. The molecule has 1 amide bonds. The van der Waals surface area contributed by atoms with Gasteiger partial charge in [0, 0.05) is 37.5 Å². The maximum atomic E-state index is 13.1. The van der Waals surface area contributed by atoms with E-state index >= 15 is 0 Å². The van der Waals surface area contributed by atoms with Gasteiger partial charge >= 0.3 is 6.18 Å². The monoisotopic (exact) mass is 426 g/mol. The van der Waals surface area contributed by atoms with Crippen LogP contribution in [-0.4, -0.2) is 63.0 Å². The molecule has 1 fully saturated rings. The molecule has 0 aliphatic carbocycles. The Bertz CT molecular complexity index is 997. The molecule has 3 aromatic rings. The number of rotatable bonds is 4. The molecule has 1 aliphatic rings. The van der Waals surface area contributed by atoms with Crippen molar-refractivity contribution in [1.29, 1.82) is 0 Å². The highest BCUT2D eigenvalue weighted by Crippen LogP contribution is 2.29. The van der Waals surface area contributed by atoms with Crippen molar-refractivity contribution >= 4 is 39.1 Å². The van der Waals surface area contributed by atoms with E-state index in [9.17, 15) is 18.0 Å². The Hall–Kier alpha value is -2.73. The van der Waals surface area contributed by atoms with Crippen molar-refractivity contribution in [2.24, 2.45) is 0 Å². The van der Waals surface area contributed by atoms with Crippen LogP contribution in [0.2, 0.25) is 0 Å². The number of nitrogens with zero attached hydrogens (tertiary/aromatic N) is 5. The molecular weight excluding hydrogens is 409 g/mol. The van der Waals surface area contributed by atoms with Crippen LogP contribution in [-0.2, 0) is 11.3 Å². The van der Waals surface area contributed by atoms with Gasteiger partial charge in [-0.25, -0.2) is 4.98 Å². The zero-order valence-corrected chi connectivity index (χ0v) is 16.0. The van der Waals surface area contributed by atoms with Gasteiger partial charge in [-0.1, -0.05) is 0 Å². The normalized spacial score (nSPS) is 15.5. The van der Waals surface area contributed by atoms with Gasteiger partial charge in [0.15, 0.2) is 10.9 Å². The number of hydrogen-bond donors (Lipinski definition) is 1. The summed E-state index contributed by atoms with van der Waals surface area (Å²) in [5.74, 6) is -0.138. The molecular formula is C17H17F3N6O2S. The van der Waals surface area contributed by atoms with Crippen molar-refractivity contribution in [2.45, 2.75) is 19.1 Å². The molecule has 1 aliphatic heterocycles. The van der Waals surface area contributed by atoms with Crippen molar-refractivity contribution in [1.82, 2.24) is 24.6 Å². The number of hydrogen-bond acceptors (Lipinski definition) is 7. The minimum atomic E-state index is -4.47. The van der Waals surface area contributed by atoms with E-state index in [1.54, 1.807) is 16.5 Å². The number of thiazole rings is 1. The first-order valence-corrected chi connectivity index (χ1v) is 9.75. The van der Waals surface area contributed by atoms with Crippen LogP contribution in [0.4, 0.5) is 24.1 Å². The van der Waals surface area contributed by atoms with Crippen molar-refractivity contribution in [3.63, 3.8) is 0 Å². The van der Waals surface area contributed by atoms with Crippen molar-refractivity contribution in [2.75, 3.05) is 31.6 Å². The van der Waals surface area contributed by atoms with Gasteiger partial charge in [0.2, 0.25) is 0 Å². The number of pyridine rings is 1. The minimum Gasteiger partial charge on any atom is -0.380 e. The van der Waals surface area contributed by atoms with Crippen LogP contribution in [0.5, 0.6) is 0 Å². The second kappa shape index (κ2) is 7.95. The highest BCUT2D eigenvalue weighted by Gasteiger charge is 2.30. The van der Waals surface area contributed by atoms with E-state index < -0.39 is 12.7 Å². The number of carbonyl (C=O) groups excluding carboxylic acids is 1. The minimum absolute atomic E-state index is 0.0727. The maximum Gasteiger partial charge on any atom is 0.408 e. The Balaban J connectivity index is 1.71. The smallest absolute Gasteiger partial charge is 0.380 e. The number of amides is 1. The summed E-state index contributed by atoms with van der Waals surface area (Å²) < 4.78 is 45.3. The fourth-order valence-electron chi connectivity index (χ4n) is 3.07. The summed E-state index contributed by atoms with van der Waals surface area (Å²) in [6.07, 6.45) is -0.830. The number of ether oxygens (including phenoxy) is 1. The molecule has 3 aromatic heterocycles. The molecule has 1 N–H and O–H groups in total. The molecule has 12 heteroatoms. The second-order valence-electron chi connectivity index (χ2n) is 6.43. The van der Waals surface area contributed by atoms with E-state index in [0.29, 0.717) is 43.2 Å². The van der Waals surface area contributed by atoms with E-state index in [2.05, 4.69) is 20.4 Å². The molecule has 0 aromatic carbocycles. The highest BCUT2D eigenvalue weighted by molar-refractivity contribution is 7.13. The fourth-order valence-corrected chi connectivity index (χ4v) is 3.59. The van der Waals surface area contributed by atoms with Gasteiger partial charge in [-0.05, 0) is 12.5 Å². The first kappa shape index (κ1) is 19.6. The van der Waals surface area contributed by atoms with Crippen LogP contribution in [0, 0.1) is 0 Å². The standard InChI is InChI=1S/C17H17F3N6O2S/c18-17(19,20)10-26-13-8-12(15(27)25-3-1-5-28-6-4-25)22-9-11(13)14(24-26)23-16-21-2-7-29-16/h2,7-9H,1,3-6,10H2,(H,21,23,24). The number of alkyl halides is 3. The summed E-state index contributed by atoms with van der Waals surface area (Å²) in [5, 5.41) is 9.56. The van der Waals surface area contributed by atoms with Gasteiger partial charge in [0.1, 0.15) is 12.2 Å². The maximum absolute atomic E-state index is 13.1. The molecule has 0 radical (unpaired) electrons.